The van der Waals surface area contributed by atoms with Crippen molar-refractivity contribution in [2.45, 2.75) is 26.2 Å². The van der Waals surface area contributed by atoms with Crippen molar-refractivity contribution in [1.29, 1.82) is 0 Å². The van der Waals surface area contributed by atoms with Gasteiger partial charge < -0.3 is 5.32 Å². The lowest BCUT2D eigenvalue weighted by molar-refractivity contribution is 0.256. The van der Waals surface area contributed by atoms with E-state index in [1.54, 1.807) is 11.8 Å². The quantitative estimate of drug-likeness (QED) is 0.828. The molecule has 102 valence electrons. The predicted molar refractivity (Wildman–Crippen MR) is 82.1 cm³/mol. The Bertz CT molecular complexity index is 488. The summed E-state index contributed by atoms with van der Waals surface area (Å²) in [5.74, 6) is 0.940. The van der Waals surface area contributed by atoms with Crippen molar-refractivity contribution in [1.82, 2.24) is 5.32 Å². The van der Waals surface area contributed by atoms with Crippen LogP contribution in [0, 0.1) is 0 Å². The monoisotopic (exact) mass is 277 g/mol. The van der Waals surface area contributed by atoms with E-state index in [0.717, 1.165) is 18.0 Å². The molecule has 5 heteroatoms. The third-order valence-corrected chi connectivity index (χ3v) is 3.71. The summed E-state index contributed by atoms with van der Waals surface area (Å²) in [6, 6.07) is 7.68. The first-order valence-electron chi connectivity index (χ1n) is 6.31. The molecule has 0 atom stereocenters. The van der Waals surface area contributed by atoms with E-state index in [1.165, 1.54) is 5.56 Å². The van der Waals surface area contributed by atoms with Crippen molar-refractivity contribution >= 4 is 28.6 Å². The maximum atomic E-state index is 11.7. The summed E-state index contributed by atoms with van der Waals surface area (Å²) in [6.07, 6.45) is 0. The third-order valence-electron chi connectivity index (χ3n) is 2.81. The number of hydrogen-bond acceptors (Lipinski definition) is 3. The number of carbonyl (C=O) groups is 1. The summed E-state index contributed by atoms with van der Waals surface area (Å²) in [7, 11) is 0. The van der Waals surface area contributed by atoms with Crippen LogP contribution in [0.2, 0.25) is 0 Å². The molecule has 0 spiro atoms. The molecule has 1 aliphatic rings. The molecule has 0 aliphatic carbocycles. The normalized spacial score (nSPS) is 15.0. The topological polar surface area (TPSA) is 53.5 Å². The molecule has 0 unspecified atom stereocenters. The Hall–Kier alpha value is -1.49. The highest BCUT2D eigenvalue weighted by Crippen LogP contribution is 2.23. The molecule has 4 nitrogen and oxygen atoms in total. The third kappa shape index (κ3) is 3.99. The molecule has 0 bridgehead atoms. The molecule has 0 fully saturated rings. The van der Waals surface area contributed by atoms with Crippen LogP contribution in [-0.4, -0.2) is 23.5 Å². The fourth-order valence-corrected chi connectivity index (χ4v) is 2.45. The lowest BCUT2D eigenvalue weighted by Crippen LogP contribution is -2.31. The second-order valence-corrected chi connectivity index (χ2v) is 6.53. The first-order chi connectivity index (χ1) is 8.95. The minimum absolute atomic E-state index is 0.121. The first kappa shape index (κ1) is 13.9. The first-order valence-corrected chi connectivity index (χ1v) is 7.29. The second kappa shape index (κ2) is 5.65. The van der Waals surface area contributed by atoms with Gasteiger partial charge in [0.05, 0.1) is 6.54 Å². The largest absolute Gasteiger partial charge is 0.325 e. The van der Waals surface area contributed by atoms with Gasteiger partial charge in [-0.1, -0.05) is 44.7 Å². The Labute approximate surface area is 118 Å². The number of urea groups is 1. The second-order valence-electron chi connectivity index (χ2n) is 5.44. The molecule has 2 N–H and O–H groups in total. The van der Waals surface area contributed by atoms with Crippen LogP contribution in [0.3, 0.4) is 0 Å². The van der Waals surface area contributed by atoms with Gasteiger partial charge in [0.1, 0.15) is 0 Å². The molecule has 1 heterocycles. The molecule has 1 aromatic carbocycles. The van der Waals surface area contributed by atoms with Gasteiger partial charge >= 0.3 is 6.03 Å². The van der Waals surface area contributed by atoms with Gasteiger partial charge in [-0.25, -0.2) is 4.79 Å². The highest BCUT2D eigenvalue weighted by molar-refractivity contribution is 8.14. The molecule has 0 saturated heterocycles. The van der Waals surface area contributed by atoms with Crippen LogP contribution in [0.5, 0.6) is 0 Å². The number of thioether (sulfide) groups is 1. The van der Waals surface area contributed by atoms with Crippen LogP contribution in [-0.2, 0) is 5.41 Å². The van der Waals surface area contributed by atoms with Crippen molar-refractivity contribution < 1.29 is 4.79 Å². The van der Waals surface area contributed by atoms with Gasteiger partial charge in [0.25, 0.3) is 0 Å². The zero-order valence-corrected chi connectivity index (χ0v) is 12.3. The van der Waals surface area contributed by atoms with Crippen molar-refractivity contribution in [3.8, 4) is 0 Å². The van der Waals surface area contributed by atoms with Gasteiger partial charge in [0.15, 0.2) is 5.17 Å². The zero-order valence-electron chi connectivity index (χ0n) is 11.5. The number of anilines is 1. The lowest BCUT2D eigenvalue weighted by atomic mass is 9.87. The Morgan fingerprint density at radius 1 is 1.21 bits per heavy atom. The number of hydrogen-bond donors (Lipinski definition) is 2. The number of carbonyl (C=O) groups excluding carboxylic acids is 1. The molecule has 0 radical (unpaired) electrons. The minimum atomic E-state index is -0.239. The summed E-state index contributed by atoms with van der Waals surface area (Å²) in [5, 5.41) is 6.24. The zero-order chi connectivity index (χ0) is 13.9. The van der Waals surface area contributed by atoms with E-state index >= 15 is 0 Å². The average Bonchev–Trinajstić information content (AvgIpc) is 2.81. The number of nitrogens with zero attached hydrogens (tertiary/aromatic N) is 1. The number of benzene rings is 1. The van der Waals surface area contributed by atoms with Gasteiger partial charge in [-0.15, -0.1) is 0 Å². The smallest absolute Gasteiger partial charge is 0.308 e. The van der Waals surface area contributed by atoms with E-state index in [9.17, 15) is 4.79 Å². The highest BCUT2D eigenvalue weighted by atomic mass is 32.2. The maximum absolute atomic E-state index is 11.7. The average molecular weight is 277 g/mol. The van der Waals surface area contributed by atoms with E-state index in [1.807, 2.05) is 24.3 Å². The summed E-state index contributed by atoms with van der Waals surface area (Å²) in [5.41, 5.74) is 2.15. The number of amidine groups is 1. The SMILES string of the molecule is CC(C)(C)c1ccc(NC(=O)NC2=NCCS2)cc1. The number of nitrogens with one attached hydrogen (secondary N) is 2. The van der Waals surface area contributed by atoms with Gasteiger partial charge in [-0.2, -0.15) is 0 Å². The molecular formula is C14H19N3OS. The number of rotatable bonds is 1. The lowest BCUT2D eigenvalue weighted by Gasteiger charge is -2.19. The van der Waals surface area contributed by atoms with E-state index in [0.29, 0.717) is 5.17 Å². The van der Waals surface area contributed by atoms with E-state index in [2.05, 4.69) is 36.4 Å². The number of amides is 2. The Morgan fingerprint density at radius 3 is 2.42 bits per heavy atom. The van der Waals surface area contributed by atoms with Gasteiger partial charge in [-0.05, 0) is 23.1 Å². The summed E-state index contributed by atoms with van der Waals surface area (Å²) in [4.78, 5) is 15.9. The molecule has 0 aromatic heterocycles. The fourth-order valence-electron chi connectivity index (χ4n) is 1.72. The molecular weight excluding hydrogens is 258 g/mol. The van der Waals surface area contributed by atoms with E-state index in [-0.39, 0.29) is 11.4 Å². The van der Waals surface area contributed by atoms with E-state index < -0.39 is 0 Å². The minimum Gasteiger partial charge on any atom is -0.308 e. The van der Waals surface area contributed by atoms with Crippen molar-refractivity contribution in [3.05, 3.63) is 29.8 Å². The van der Waals surface area contributed by atoms with Crippen molar-refractivity contribution in [2.75, 3.05) is 17.6 Å². The van der Waals surface area contributed by atoms with Crippen LogP contribution in [0.15, 0.2) is 29.3 Å². The Morgan fingerprint density at radius 2 is 1.89 bits per heavy atom. The summed E-state index contributed by atoms with van der Waals surface area (Å²) >= 11 is 1.57. The summed E-state index contributed by atoms with van der Waals surface area (Å²) < 4.78 is 0. The molecule has 2 amide bonds. The summed E-state index contributed by atoms with van der Waals surface area (Å²) in [6.45, 7) is 7.27. The van der Waals surface area contributed by atoms with Crippen LogP contribution in [0.4, 0.5) is 10.5 Å². The molecule has 1 aliphatic heterocycles. The molecule has 2 rings (SSSR count). The molecule has 19 heavy (non-hydrogen) atoms. The molecule has 0 saturated carbocycles. The predicted octanol–water partition coefficient (Wildman–Crippen LogP) is 3.21. The maximum Gasteiger partial charge on any atom is 0.325 e. The standard InChI is InChI=1S/C14H19N3OS/c1-14(2,3)10-4-6-11(7-5-10)16-12(18)17-13-15-8-9-19-13/h4-7H,8-9H2,1-3H3,(H2,15,16,17,18). The van der Waals surface area contributed by atoms with Gasteiger partial charge in [-0.3, -0.25) is 10.3 Å². The van der Waals surface area contributed by atoms with Crippen LogP contribution in [0.25, 0.3) is 0 Å². The highest BCUT2D eigenvalue weighted by Gasteiger charge is 2.14. The van der Waals surface area contributed by atoms with Crippen LogP contribution in [0.1, 0.15) is 26.3 Å². The van der Waals surface area contributed by atoms with Crippen LogP contribution < -0.4 is 10.6 Å². The fraction of sp³-hybridized carbons (Fsp3) is 0.429. The molecule has 1 aromatic rings. The number of aliphatic imine (C=N–C) groups is 1. The van der Waals surface area contributed by atoms with Crippen molar-refractivity contribution in [3.63, 3.8) is 0 Å². The van der Waals surface area contributed by atoms with Gasteiger partial charge in [0.2, 0.25) is 0 Å². The Kier molecular flexibility index (Phi) is 4.14. The Balaban J connectivity index is 1.94. The van der Waals surface area contributed by atoms with Crippen molar-refractivity contribution in [2.24, 2.45) is 4.99 Å². The van der Waals surface area contributed by atoms with E-state index in [4.69, 9.17) is 0 Å². The van der Waals surface area contributed by atoms with Gasteiger partial charge in [0, 0.05) is 11.4 Å². The van der Waals surface area contributed by atoms with Crippen LogP contribution >= 0.6 is 11.8 Å².